The van der Waals surface area contributed by atoms with E-state index in [2.05, 4.69) is 10.3 Å². The summed E-state index contributed by atoms with van der Waals surface area (Å²) in [6.45, 7) is 0. The van der Waals surface area contributed by atoms with Gasteiger partial charge in [0.15, 0.2) is 11.5 Å². The first-order valence-corrected chi connectivity index (χ1v) is 9.25. The summed E-state index contributed by atoms with van der Waals surface area (Å²) in [4.78, 5) is 15.9. The molecule has 0 radical (unpaired) electrons. The van der Waals surface area contributed by atoms with Gasteiger partial charge in [-0.1, -0.05) is 12.1 Å². The zero-order valence-electron chi connectivity index (χ0n) is 15.7. The number of para-hydroxylation sites is 1. The molecule has 30 heavy (non-hydrogen) atoms. The topological polar surface area (TPSA) is 83.7 Å². The van der Waals surface area contributed by atoms with Crippen LogP contribution < -0.4 is 14.8 Å². The van der Waals surface area contributed by atoms with Gasteiger partial charge in [-0.3, -0.25) is 4.79 Å². The van der Waals surface area contributed by atoms with Gasteiger partial charge >= 0.3 is 11.4 Å². The Morgan fingerprint density at radius 2 is 2.00 bits per heavy atom. The number of ether oxygens (including phenoxy) is 2. The highest BCUT2D eigenvalue weighted by molar-refractivity contribution is 8.18. The van der Waals surface area contributed by atoms with Crippen molar-refractivity contribution in [2.75, 3.05) is 14.2 Å². The summed E-state index contributed by atoms with van der Waals surface area (Å²) in [5.74, 6) is 0.134. The number of halogens is 3. The molecule has 10 heteroatoms. The van der Waals surface area contributed by atoms with Crippen molar-refractivity contribution in [1.29, 1.82) is 5.26 Å². The molecule has 2 aromatic carbocycles. The van der Waals surface area contributed by atoms with E-state index in [4.69, 9.17) is 14.7 Å². The molecule has 0 aliphatic carbocycles. The number of nitrogens with one attached hydrogen (secondary N) is 1. The van der Waals surface area contributed by atoms with Crippen molar-refractivity contribution in [2.45, 2.75) is 6.18 Å². The lowest BCUT2D eigenvalue weighted by molar-refractivity contribution is -0.138. The smallest absolute Gasteiger partial charge is 0.420 e. The predicted octanol–water partition coefficient (Wildman–Crippen LogP) is 5.20. The molecule has 0 spiro atoms. The van der Waals surface area contributed by atoms with Crippen LogP contribution in [0.2, 0.25) is 0 Å². The molecular formula is C20H14F3N3O3S. The number of carbonyl (C=O) groups is 1. The molecule has 0 atom stereocenters. The number of amides is 1. The second kappa shape index (κ2) is 8.51. The van der Waals surface area contributed by atoms with Gasteiger partial charge in [0.2, 0.25) is 0 Å². The quantitative estimate of drug-likeness (QED) is 0.713. The van der Waals surface area contributed by atoms with Gasteiger partial charge in [0, 0.05) is 12.6 Å². The van der Waals surface area contributed by atoms with Crippen LogP contribution >= 0.6 is 11.8 Å². The summed E-state index contributed by atoms with van der Waals surface area (Å²) in [6, 6.07) is 9.43. The van der Waals surface area contributed by atoms with Crippen molar-refractivity contribution in [2.24, 2.45) is 4.99 Å². The second-order valence-electron chi connectivity index (χ2n) is 5.89. The number of rotatable bonds is 4. The van der Waals surface area contributed by atoms with Crippen LogP contribution in [0.25, 0.3) is 6.08 Å². The van der Waals surface area contributed by atoms with Crippen molar-refractivity contribution in [3.05, 3.63) is 58.0 Å². The lowest BCUT2D eigenvalue weighted by atomic mass is 10.1. The second-order valence-corrected chi connectivity index (χ2v) is 6.88. The number of hydrogen-bond donors (Lipinski definition) is 1. The van der Waals surface area contributed by atoms with Gasteiger partial charge in [-0.05, 0) is 42.1 Å². The summed E-state index contributed by atoms with van der Waals surface area (Å²) in [7, 11) is 2.97. The Labute approximate surface area is 174 Å². The minimum absolute atomic E-state index is 0.0410. The molecular weight excluding hydrogens is 419 g/mol. The molecule has 154 valence electrons. The Morgan fingerprint density at radius 1 is 1.23 bits per heavy atom. The van der Waals surface area contributed by atoms with E-state index in [1.807, 2.05) is 0 Å². The Kier molecular flexibility index (Phi) is 6.03. The maximum Gasteiger partial charge on any atom is 0.420 e. The molecule has 0 saturated heterocycles. The summed E-state index contributed by atoms with van der Waals surface area (Å²) >= 11 is 0.912. The Bertz CT molecular complexity index is 1100. The normalized spacial score (nSPS) is 15.0. The molecule has 1 N–H and O–H groups in total. The molecule has 0 unspecified atom stereocenters. The Morgan fingerprint density at radius 3 is 2.63 bits per heavy atom. The first-order chi connectivity index (χ1) is 14.3. The van der Waals surface area contributed by atoms with Crippen molar-refractivity contribution in [3.8, 4) is 23.3 Å². The minimum Gasteiger partial charge on any atom is -0.492 e. The Balaban J connectivity index is 2.04. The molecule has 0 bridgehead atoms. The highest BCUT2D eigenvalue weighted by Crippen LogP contribution is 2.42. The number of amidine groups is 1. The number of likely N-dealkylation sites (N-methyl/N-ethyl adjacent to an activating group) is 1. The zero-order valence-corrected chi connectivity index (χ0v) is 16.5. The van der Waals surface area contributed by atoms with Gasteiger partial charge in [0.05, 0.1) is 29.2 Å². The molecule has 0 fully saturated rings. The van der Waals surface area contributed by atoms with Gasteiger partial charge in [-0.25, -0.2) is 0 Å². The van der Waals surface area contributed by atoms with Crippen LogP contribution in [0.1, 0.15) is 16.7 Å². The van der Waals surface area contributed by atoms with Crippen LogP contribution in [0.3, 0.4) is 0 Å². The van der Waals surface area contributed by atoms with Crippen molar-refractivity contribution in [1.82, 2.24) is 5.32 Å². The minimum atomic E-state index is -4.71. The third-order valence-electron chi connectivity index (χ3n) is 4.00. The molecule has 1 amide bonds. The lowest BCUT2D eigenvalue weighted by Crippen LogP contribution is -2.16. The van der Waals surface area contributed by atoms with E-state index in [0.717, 1.165) is 23.9 Å². The van der Waals surface area contributed by atoms with Crippen LogP contribution in [0.5, 0.6) is 17.2 Å². The van der Waals surface area contributed by atoms with Crippen LogP contribution in [-0.2, 0) is 6.18 Å². The molecule has 1 aliphatic heterocycles. The van der Waals surface area contributed by atoms with Gasteiger partial charge in [0.25, 0.3) is 0 Å². The average Bonchev–Trinajstić information content (AvgIpc) is 3.07. The summed E-state index contributed by atoms with van der Waals surface area (Å²) < 4.78 is 51.2. The highest BCUT2D eigenvalue weighted by atomic mass is 32.2. The SMILES string of the molecule is CNC1=NC(=O)SC1=Cc1cccc(Oc2ccc(C#N)cc2C(F)(F)F)c1OC. The van der Waals surface area contributed by atoms with Gasteiger partial charge in [-0.15, -0.1) is 0 Å². The third-order valence-corrected chi connectivity index (χ3v) is 4.80. The summed E-state index contributed by atoms with van der Waals surface area (Å²) in [6.07, 6.45) is -3.09. The average molecular weight is 433 g/mol. The van der Waals surface area contributed by atoms with Gasteiger partial charge in [-0.2, -0.15) is 23.4 Å². The van der Waals surface area contributed by atoms with E-state index >= 15 is 0 Å². The van der Waals surface area contributed by atoms with E-state index < -0.39 is 17.5 Å². The third kappa shape index (κ3) is 4.41. The van der Waals surface area contributed by atoms with Crippen LogP contribution in [0.15, 0.2) is 46.3 Å². The molecule has 3 rings (SSSR count). The van der Waals surface area contributed by atoms with E-state index in [1.165, 1.54) is 19.2 Å². The number of aliphatic imine (C=N–C) groups is 1. The van der Waals surface area contributed by atoms with Gasteiger partial charge in [0.1, 0.15) is 11.6 Å². The maximum absolute atomic E-state index is 13.4. The highest BCUT2D eigenvalue weighted by Gasteiger charge is 2.35. The van der Waals surface area contributed by atoms with Crippen LogP contribution in [0.4, 0.5) is 18.0 Å². The van der Waals surface area contributed by atoms with Gasteiger partial charge < -0.3 is 14.8 Å². The number of methoxy groups -OCH3 is 1. The molecule has 1 heterocycles. The summed E-state index contributed by atoms with van der Waals surface area (Å²) in [5.41, 5.74) is -0.729. The monoisotopic (exact) mass is 433 g/mol. The molecule has 1 aliphatic rings. The fourth-order valence-electron chi connectivity index (χ4n) is 2.70. The number of benzene rings is 2. The molecule has 0 aromatic heterocycles. The number of hydrogen-bond acceptors (Lipinski definition) is 6. The first kappa shape index (κ1) is 21.3. The largest absolute Gasteiger partial charge is 0.492 e. The van der Waals surface area contributed by atoms with Crippen LogP contribution in [0, 0.1) is 11.3 Å². The van der Waals surface area contributed by atoms with Crippen LogP contribution in [-0.4, -0.2) is 25.2 Å². The molecule has 0 saturated carbocycles. The zero-order chi connectivity index (χ0) is 21.9. The number of thioether (sulfide) groups is 1. The summed E-state index contributed by atoms with van der Waals surface area (Å²) in [5, 5.41) is 11.3. The van der Waals surface area contributed by atoms with Crippen molar-refractivity contribution >= 4 is 28.9 Å². The number of alkyl halides is 3. The lowest BCUT2D eigenvalue weighted by Gasteiger charge is -2.17. The standard InChI is InChI=1S/C20H14F3N3O3S/c1-25-18-16(30-19(27)26-18)9-12-4-3-5-15(17(12)28-2)29-14-7-6-11(10-24)8-13(14)20(21,22)23/h3-9H,1-2H3,(H,25,26,27). The van der Waals surface area contributed by atoms with E-state index in [0.29, 0.717) is 16.3 Å². The number of carbonyl (C=O) groups excluding carboxylic acids is 1. The maximum atomic E-state index is 13.4. The van der Waals surface area contributed by atoms with E-state index in [9.17, 15) is 18.0 Å². The predicted molar refractivity (Wildman–Crippen MR) is 107 cm³/mol. The van der Waals surface area contributed by atoms with Crippen molar-refractivity contribution in [3.63, 3.8) is 0 Å². The van der Waals surface area contributed by atoms with E-state index in [-0.39, 0.29) is 22.3 Å². The molecule has 2 aromatic rings. The molecule has 6 nitrogen and oxygen atoms in total. The fourth-order valence-corrected chi connectivity index (χ4v) is 3.46. The number of nitriles is 1. The van der Waals surface area contributed by atoms with Crippen molar-refractivity contribution < 1.29 is 27.4 Å². The first-order valence-electron chi connectivity index (χ1n) is 8.43. The fraction of sp³-hybridized carbons (Fsp3) is 0.150. The number of nitrogens with zero attached hydrogens (tertiary/aromatic N) is 2. The Hall–Kier alpha value is -3.45. The van der Waals surface area contributed by atoms with E-state index in [1.54, 1.807) is 31.3 Å².